The van der Waals surface area contributed by atoms with E-state index in [2.05, 4.69) is 9.59 Å². The third-order valence-electron chi connectivity index (χ3n) is 2.99. The van der Waals surface area contributed by atoms with Crippen LogP contribution < -0.4 is 0 Å². The molecule has 1 unspecified atom stereocenters. The van der Waals surface area contributed by atoms with Gasteiger partial charge in [0.2, 0.25) is 0 Å². The molecule has 2 aromatic rings. The van der Waals surface area contributed by atoms with Gasteiger partial charge >= 0.3 is 0 Å². The molecule has 0 aliphatic heterocycles. The number of aliphatic hydroxyl groups is 1. The molecule has 0 amide bonds. The molecule has 0 aliphatic carbocycles. The number of hydrogen-bond acceptors (Lipinski definition) is 4. The SMILES string of the molecule is CC(C)(C)c1nnsc1C(O)Cc1c(Cl)cccc1Cl. The van der Waals surface area contributed by atoms with Gasteiger partial charge in [0.15, 0.2) is 0 Å². The Morgan fingerprint density at radius 2 is 1.85 bits per heavy atom. The maximum Gasteiger partial charge on any atom is 0.0958 e. The van der Waals surface area contributed by atoms with Crippen molar-refractivity contribution in [3.8, 4) is 0 Å². The van der Waals surface area contributed by atoms with Gasteiger partial charge in [-0.2, -0.15) is 0 Å². The summed E-state index contributed by atoms with van der Waals surface area (Å²) < 4.78 is 3.96. The van der Waals surface area contributed by atoms with E-state index >= 15 is 0 Å². The molecule has 1 aromatic heterocycles. The van der Waals surface area contributed by atoms with Crippen molar-refractivity contribution in [3.05, 3.63) is 44.4 Å². The Morgan fingerprint density at radius 3 is 2.40 bits per heavy atom. The summed E-state index contributed by atoms with van der Waals surface area (Å²) in [7, 11) is 0. The van der Waals surface area contributed by atoms with Crippen molar-refractivity contribution in [2.24, 2.45) is 0 Å². The van der Waals surface area contributed by atoms with Crippen LogP contribution in [0.3, 0.4) is 0 Å². The summed E-state index contributed by atoms with van der Waals surface area (Å²) in [6, 6.07) is 5.32. The van der Waals surface area contributed by atoms with Gasteiger partial charge in [-0.1, -0.05) is 54.5 Å². The third-order valence-corrected chi connectivity index (χ3v) is 4.52. The van der Waals surface area contributed by atoms with Crippen LogP contribution in [0.15, 0.2) is 18.2 Å². The summed E-state index contributed by atoms with van der Waals surface area (Å²) in [5, 5.41) is 15.7. The number of nitrogens with zero attached hydrogens (tertiary/aromatic N) is 2. The van der Waals surface area contributed by atoms with Crippen molar-refractivity contribution in [1.82, 2.24) is 9.59 Å². The lowest BCUT2D eigenvalue weighted by Crippen LogP contribution is -2.16. The van der Waals surface area contributed by atoms with Gasteiger partial charge in [-0.3, -0.25) is 0 Å². The Balaban J connectivity index is 2.30. The molecule has 0 radical (unpaired) electrons. The number of halogens is 2. The molecule has 0 bridgehead atoms. The minimum Gasteiger partial charge on any atom is -0.387 e. The quantitative estimate of drug-likeness (QED) is 0.906. The van der Waals surface area contributed by atoms with E-state index in [1.165, 1.54) is 11.5 Å². The minimum absolute atomic E-state index is 0.159. The second kappa shape index (κ2) is 5.98. The molecule has 6 heteroatoms. The van der Waals surface area contributed by atoms with Crippen LogP contribution in [0, 0.1) is 0 Å². The molecule has 1 heterocycles. The zero-order valence-electron chi connectivity index (χ0n) is 11.5. The minimum atomic E-state index is -0.707. The molecule has 2 rings (SSSR count). The van der Waals surface area contributed by atoms with Gasteiger partial charge in [-0.05, 0) is 29.2 Å². The molecular weight excluding hydrogens is 315 g/mol. The molecule has 0 saturated carbocycles. The van der Waals surface area contributed by atoms with Gasteiger partial charge in [0, 0.05) is 21.9 Å². The van der Waals surface area contributed by atoms with E-state index in [1.54, 1.807) is 18.2 Å². The van der Waals surface area contributed by atoms with E-state index in [0.717, 1.165) is 16.1 Å². The summed E-state index contributed by atoms with van der Waals surface area (Å²) in [6.45, 7) is 6.13. The molecule has 20 heavy (non-hydrogen) atoms. The Labute approximate surface area is 132 Å². The van der Waals surface area contributed by atoms with Crippen molar-refractivity contribution in [3.63, 3.8) is 0 Å². The number of rotatable bonds is 3. The number of benzene rings is 1. The van der Waals surface area contributed by atoms with E-state index in [0.29, 0.717) is 16.5 Å². The molecule has 1 aromatic carbocycles. The highest BCUT2D eigenvalue weighted by Gasteiger charge is 2.27. The zero-order valence-corrected chi connectivity index (χ0v) is 13.9. The van der Waals surface area contributed by atoms with Gasteiger partial charge in [0.05, 0.1) is 16.7 Å². The normalized spacial score (nSPS) is 13.5. The average molecular weight is 331 g/mol. The van der Waals surface area contributed by atoms with Gasteiger partial charge in [-0.15, -0.1) is 5.10 Å². The van der Waals surface area contributed by atoms with Crippen LogP contribution in [0.2, 0.25) is 10.0 Å². The maximum atomic E-state index is 10.5. The van der Waals surface area contributed by atoms with Crippen molar-refractivity contribution in [1.29, 1.82) is 0 Å². The van der Waals surface area contributed by atoms with Crippen LogP contribution in [0.5, 0.6) is 0 Å². The fourth-order valence-corrected chi connectivity index (χ4v) is 3.35. The first-order valence-corrected chi connectivity index (χ1v) is 7.77. The highest BCUT2D eigenvalue weighted by Crippen LogP contribution is 2.34. The van der Waals surface area contributed by atoms with E-state index in [4.69, 9.17) is 23.2 Å². The summed E-state index contributed by atoms with van der Waals surface area (Å²) in [5.41, 5.74) is 1.41. The second-order valence-corrected chi connectivity index (χ2v) is 7.26. The summed E-state index contributed by atoms with van der Waals surface area (Å²) in [4.78, 5) is 0.772. The second-order valence-electron chi connectivity index (χ2n) is 5.66. The number of aromatic nitrogens is 2. The Hall–Kier alpha value is -0.680. The number of hydrogen-bond donors (Lipinski definition) is 1. The summed E-state index contributed by atoms with van der Waals surface area (Å²) in [5.74, 6) is 0. The van der Waals surface area contributed by atoms with Crippen LogP contribution in [0.4, 0.5) is 0 Å². The van der Waals surface area contributed by atoms with Crippen LogP contribution in [-0.2, 0) is 11.8 Å². The van der Waals surface area contributed by atoms with Gasteiger partial charge in [0.1, 0.15) is 0 Å². The number of aliphatic hydroxyl groups excluding tert-OH is 1. The van der Waals surface area contributed by atoms with Crippen LogP contribution in [0.1, 0.15) is 43.0 Å². The van der Waals surface area contributed by atoms with Crippen molar-refractivity contribution in [2.75, 3.05) is 0 Å². The van der Waals surface area contributed by atoms with E-state index < -0.39 is 6.10 Å². The largest absolute Gasteiger partial charge is 0.387 e. The van der Waals surface area contributed by atoms with Crippen LogP contribution in [0.25, 0.3) is 0 Å². The Kier molecular flexibility index (Phi) is 4.69. The van der Waals surface area contributed by atoms with Gasteiger partial charge < -0.3 is 5.11 Å². The lowest BCUT2D eigenvalue weighted by molar-refractivity contribution is 0.179. The molecular formula is C14H16Cl2N2OS. The molecule has 3 nitrogen and oxygen atoms in total. The third kappa shape index (κ3) is 3.31. The maximum absolute atomic E-state index is 10.5. The first kappa shape index (κ1) is 15.7. The Morgan fingerprint density at radius 1 is 1.25 bits per heavy atom. The lowest BCUT2D eigenvalue weighted by atomic mass is 9.89. The van der Waals surface area contributed by atoms with Crippen LogP contribution >= 0.6 is 34.7 Å². The fourth-order valence-electron chi connectivity index (χ4n) is 1.95. The van der Waals surface area contributed by atoms with E-state index in [-0.39, 0.29) is 5.41 Å². The zero-order chi connectivity index (χ0) is 14.9. The first-order valence-electron chi connectivity index (χ1n) is 6.24. The van der Waals surface area contributed by atoms with Crippen molar-refractivity contribution >= 4 is 34.7 Å². The van der Waals surface area contributed by atoms with E-state index in [9.17, 15) is 5.11 Å². The van der Waals surface area contributed by atoms with Gasteiger partial charge in [0.25, 0.3) is 0 Å². The standard InChI is InChI=1S/C14H16Cl2N2OS/c1-14(2,3)13-12(20-18-17-13)11(19)7-8-9(15)5-4-6-10(8)16/h4-6,11,19H,7H2,1-3H3. The smallest absolute Gasteiger partial charge is 0.0958 e. The first-order chi connectivity index (χ1) is 9.30. The monoisotopic (exact) mass is 330 g/mol. The molecule has 108 valence electrons. The molecule has 1 N–H and O–H groups in total. The predicted molar refractivity (Wildman–Crippen MR) is 83.7 cm³/mol. The molecule has 0 saturated heterocycles. The summed E-state index contributed by atoms with van der Waals surface area (Å²) in [6.07, 6.45) is -0.354. The molecule has 0 fully saturated rings. The Bertz CT molecular complexity index is 587. The topological polar surface area (TPSA) is 46.0 Å². The lowest BCUT2D eigenvalue weighted by Gasteiger charge is -2.19. The van der Waals surface area contributed by atoms with E-state index in [1.807, 2.05) is 20.8 Å². The van der Waals surface area contributed by atoms with Crippen LogP contribution in [-0.4, -0.2) is 14.7 Å². The van der Waals surface area contributed by atoms with Crippen molar-refractivity contribution < 1.29 is 5.11 Å². The molecule has 1 atom stereocenters. The summed E-state index contributed by atoms with van der Waals surface area (Å²) >= 11 is 13.5. The molecule has 0 aliphatic rings. The van der Waals surface area contributed by atoms with Gasteiger partial charge in [-0.25, -0.2) is 0 Å². The predicted octanol–water partition coefficient (Wildman–Crippen LogP) is 4.42. The highest BCUT2D eigenvalue weighted by molar-refractivity contribution is 7.05. The highest BCUT2D eigenvalue weighted by atomic mass is 35.5. The van der Waals surface area contributed by atoms with Crippen molar-refractivity contribution in [2.45, 2.75) is 38.7 Å². The molecule has 0 spiro atoms. The average Bonchev–Trinajstić information content (AvgIpc) is 2.82. The fraction of sp³-hybridized carbons (Fsp3) is 0.429.